The van der Waals surface area contributed by atoms with E-state index in [0.717, 1.165) is 33.2 Å². The average Bonchev–Trinajstić information content (AvgIpc) is 3.94. The Balaban J connectivity index is 1.19. The number of carbonyl (C=O) groups excluding carboxylic acids is 8. The number of hydrogen-bond donors (Lipinski definition) is 10. The zero-order valence-electron chi connectivity index (χ0n) is 41.0. The molecule has 6 rings (SSSR count). The van der Waals surface area contributed by atoms with Gasteiger partial charge in [0.05, 0.1) is 6.54 Å². The Morgan fingerprint density at radius 2 is 1.19 bits per heavy atom. The average molecular weight is 1020 g/mol. The molecule has 386 valence electrons. The summed E-state index contributed by atoms with van der Waals surface area (Å²) in [4.78, 5) is 112. The topological polar surface area (TPSA) is 298 Å². The van der Waals surface area contributed by atoms with Crippen LogP contribution in [0.15, 0.2) is 109 Å². The second kappa shape index (κ2) is 26.7. The SMILES string of the molecule is CSCC[C@H](NC(=O)[C@H](CC(C)C)NC(=O)OCC1c2ccccc2-c2ccccc21)C(=O)N[C@@H](CCC(N)=O)C(=O)N[C@@H](Cc1c[nH]c2ccccc12)C(=O)N[C@@H](Cc1ccccc1)C(=O)NCC(=O)NN. The molecule has 1 aliphatic rings. The van der Waals surface area contributed by atoms with E-state index in [-0.39, 0.29) is 57.0 Å². The van der Waals surface area contributed by atoms with Crippen molar-refractivity contribution in [2.24, 2.45) is 17.5 Å². The Morgan fingerprint density at radius 3 is 1.81 bits per heavy atom. The number of ether oxygens (including phenoxy) is 1. The van der Waals surface area contributed by atoms with E-state index >= 15 is 0 Å². The predicted molar refractivity (Wildman–Crippen MR) is 278 cm³/mol. The lowest BCUT2D eigenvalue weighted by molar-refractivity contribution is -0.135. The number of benzene rings is 4. The Bertz CT molecular complexity index is 2710. The summed E-state index contributed by atoms with van der Waals surface area (Å²) in [6.07, 6.45) is 2.33. The second-order valence-electron chi connectivity index (χ2n) is 18.2. The number of aromatic amines is 1. The van der Waals surface area contributed by atoms with Crippen molar-refractivity contribution in [2.45, 2.75) is 88.5 Å². The molecule has 0 aliphatic heterocycles. The first-order chi connectivity index (χ1) is 35.1. The minimum Gasteiger partial charge on any atom is -0.449 e. The number of nitrogens with one attached hydrogen (secondary N) is 8. The first-order valence-electron chi connectivity index (χ1n) is 24.1. The molecule has 0 fully saturated rings. The van der Waals surface area contributed by atoms with Crippen LogP contribution in [0.2, 0.25) is 0 Å². The van der Waals surface area contributed by atoms with E-state index in [1.807, 2.05) is 98.3 Å². The highest BCUT2D eigenvalue weighted by atomic mass is 32.2. The molecule has 0 bridgehead atoms. The number of H-pyrrole nitrogens is 1. The molecule has 20 heteroatoms. The van der Waals surface area contributed by atoms with Gasteiger partial charge in [0.25, 0.3) is 5.91 Å². The number of carbonyl (C=O) groups is 8. The number of alkyl carbamates (subject to hydrolysis) is 1. The van der Waals surface area contributed by atoms with Crippen LogP contribution in [0.5, 0.6) is 0 Å². The van der Waals surface area contributed by atoms with Crippen LogP contribution >= 0.6 is 11.8 Å². The molecule has 5 atom stereocenters. The third kappa shape index (κ3) is 15.4. The lowest BCUT2D eigenvalue weighted by atomic mass is 9.98. The summed E-state index contributed by atoms with van der Waals surface area (Å²) in [6.45, 7) is 3.31. The van der Waals surface area contributed by atoms with Crippen LogP contribution in [0, 0.1) is 5.92 Å². The number of para-hydroxylation sites is 1. The summed E-state index contributed by atoms with van der Waals surface area (Å²) in [5, 5.41) is 16.9. The van der Waals surface area contributed by atoms with E-state index in [1.165, 1.54) is 11.8 Å². The van der Waals surface area contributed by atoms with Crippen molar-refractivity contribution in [3.05, 3.63) is 132 Å². The third-order valence-electron chi connectivity index (χ3n) is 12.4. The summed E-state index contributed by atoms with van der Waals surface area (Å²) in [6, 6.07) is 25.6. The minimum atomic E-state index is -1.45. The van der Waals surface area contributed by atoms with Crippen molar-refractivity contribution in [1.82, 2.24) is 42.3 Å². The molecule has 4 aromatic carbocycles. The summed E-state index contributed by atoms with van der Waals surface area (Å²) < 4.78 is 5.77. The molecule has 0 saturated heterocycles. The van der Waals surface area contributed by atoms with Gasteiger partial charge in [-0.05, 0) is 76.6 Å². The molecule has 12 N–H and O–H groups in total. The van der Waals surface area contributed by atoms with Crippen molar-refractivity contribution in [1.29, 1.82) is 0 Å². The van der Waals surface area contributed by atoms with Gasteiger partial charge < -0.3 is 47.4 Å². The number of rotatable bonds is 26. The minimum absolute atomic E-state index is 0.0100. The molecule has 5 aromatic rings. The molecule has 0 unspecified atom stereocenters. The van der Waals surface area contributed by atoms with Gasteiger partial charge in [0.1, 0.15) is 36.8 Å². The highest BCUT2D eigenvalue weighted by Crippen LogP contribution is 2.44. The number of aromatic nitrogens is 1. The maximum Gasteiger partial charge on any atom is 0.407 e. The monoisotopic (exact) mass is 1020 g/mol. The Morgan fingerprint density at radius 1 is 0.644 bits per heavy atom. The van der Waals surface area contributed by atoms with Crippen LogP contribution in [-0.2, 0) is 51.1 Å². The second-order valence-corrected chi connectivity index (χ2v) is 19.2. The van der Waals surface area contributed by atoms with Gasteiger partial charge in [0.2, 0.25) is 35.4 Å². The molecule has 1 aliphatic carbocycles. The standard InChI is InChI=1S/C53H64N10O9S/c1-31(2)25-43(62-53(71)72-30-39-37-18-9-7-16-35(37)36-17-8-10-19-38(36)39)51(69)59-42(23-24-73-3)50(68)58-41(21-22-46(54)64)49(67)61-45(27-33-28-56-40-20-12-11-15-34(33)40)52(70)60-44(26-32-13-5-4-6-14-32)48(66)57-29-47(65)63-55/h4-20,28,31,39,41-45,56H,21-27,29-30,55H2,1-3H3,(H2,54,64)(H,57,66)(H,58,68)(H,59,69)(H,60,70)(H,61,67)(H,62,71)(H,63,65)/t41-,42-,43-,44-,45-/m0/s1. The quantitative estimate of drug-likeness (QED) is 0.0218. The van der Waals surface area contributed by atoms with E-state index in [9.17, 15) is 38.4 Å². The number of amides is 8. The first kappa shape index (κ1) is 54.6. The number of hydrogen-bond acceptors (Lipinski definition) is 11. The normalized spacial score (nSPS) is 13.8. The van der Waals surface area contributed by atoms with Crippen molar-refractivity contribution >= 4 is 70.1 Å². The van der Waals surface area contributed by atoms with Gasteiger partial charge in [-0.15, -0.1) is 0 Å². The van der Waals surface area contributed by atoms with E-state index in [1.54, 1.807) is 36.5 Å². The fourth-order valence-electron chi connectivity index (χ4n) is 8.76. The van der Waals surface area contributed by atoms with Gasteiger partial charge >= 0.3 is 6.09 Å². The lowest BCUT2D eigenvalue weighted by Crippen LogP contribution is -2.60. The van der Waals surface area contributed by atoms with Gasteiger partial charge in [0.15, 0.2) is 0 Å². The van der Waals surface area contributed by atoms with Crippen LogP contribution < -0.4 is 48.9 Å². The molecule has 19 nitrogen and oxygen atoms in total. The largest absolute Gasteiger partial charge is 0.449 e. The molecule has 1 heterocycles. The van der Waals surface area contributed by atoms with E-state index in [2.05, 4.69) is 36.9 Å². The number of nitrogens with two attached hydrogens (primary N) is 2. The lowest BCUT2D eigenvalue weighted by Gasteiger charge is -2.27. The third-order valence-corrected chi connectivity index (χ3v) is 13.1. The van der Waals surface area contributed by atoms with E-state index < -0.39 is 84.2 Å². The van der Waals surface area contributed by atoms with Crippen LogP contribution in [0.4, 0.5) is 4.79 Å². The van der Waals surface area contributed by atoms with Crippen molar-refractivity contribution in [3.63, 3.8) is 0 Å². The van der Waals surface area contributed by atoms with Crippen molar-refractivity contribution in [2.75, 3.05) is 25.2 Å². The summed E-state index contributed by atoms with van der Waals surface area (Å²) in [5.74, 6) is 0.141. The molecule has 8 amide bonds. The fourth-order valence-corrected chi connectivity index (χ4v) is 9.24. The molecule has 0 saturated carbocycles. The zero-order chi connectivity index (χ0) is 52.4. The molecule has 73 heavy (non-hydrogen) atoms. The maximum absolute atomic E-state index is 14.5. The molecule has 0 radical (unpaired) electrons. The smallest absolute Gasteiger partial charge is 0.407 e. The fraction of sp³-hybridized carbons (Fsp3) is 0.358. The van der Waals surface area contributed by atoms with Gasteiger partial charge in [0, 0.05) is 42.3 Å². The molecule has 0 spiro atoms. The van der Waals surface area contributed by atoms with Gasteiger partial charge in [-0.3, -0.25) is 39.0 Å². The van der Waals surface area contributed by atoms with Crippen LogP contribution in [-0.4, -0.2) is 108 Å². The van der Waals surface area contributed by atoms with E-state index in [4.69, 9.17) is 16.3 Å². The first-order valence-corrected chi connectivity index (χ1v) is 25.5. The molecular weight excluding hydrogens is 953 g/mol. The highest BCUT2D eigenvalue weighted by molar-refractivity contribution is 7.98. The van der Waals surface area contributed by atoms with Crippen molar-refractivity contribution in [3.8, 4) is 11.1 Å². The van der Waals surface area contributed by atoms with Crippen LogP contribution in [0.3, 0.4) is 0 Å². The van der Waals surface area contributed by atoms with Gasteiger partial charge in [-0.2, -0.15) is 11.8 Å². The number of primary amides is 1. The summed E-state index contributed by atoms with van der Waals surface area (Å²) in [7, 11) is 0. The molecular formula is C53H64N10O9S. The van der Waals surface area contributed by atoms with Gasteiger partial charge in [-0.1, -0.05) is 111 Å². The highest BCUT2D eigenvalue weighted by Gasteiger charge is 2.35. The van der Waals surface area contributed by atoms with E-state index in [0.29, 0.717) is 16.9 Å². The maximum atomic E-state index is 14.5. The number of fused-ring (bicyclic) bond motifs is 4. The summed E-state index contributed by atoms with van der Waals surface area (Å²) in [5.41, 5.74) is 13.7. The summed E-state index contributed by atoms with van der Waals surface area (Å²) >= 11 is 1.42. The Labute approximate surface area is 427 Å². The van der Waals surface area contributed by atoms with Crippen LogP contribution in [0.1, 0.15) is 67.7 Å². The van der Waals surface area contributed by atoms with Crippen molar-refractivity contribution < 1.29 is 43.1 Å². The zero-order valence-corrected chi connectivity index (χ0v) is 41.9. The number of hydrazine groups is 1. The predicted octanol–water partition coefficient (Wildman–Crippen LogP) is 2.97. The Hall–Kier alpha value is -7.71. The van der Waals surface area contributed by atoms with Crippen LogP contribution in [0.25, 0.3) is 22.0 Å². The van der Waals surface area contributed by atoms with Gasteiger partial charge in [-0.25, -0.2) is 10.6 Å². The molecule has 1 aromatic heterocycles. The number of thioether (sulfide) groups is 1. The Kier molecular flexibility index (Phi) is 19.9.